The zero-order valence-corrected chi connectivity index (χ0v) is 15.1. The van der Waals surface area contributed by atoms with E-state index in [9.17, 15) is 4.79 Å². The van der Waals surface area contributed by atoms with E-state index in [4.69, 9.17) is 0 Å². The number of nitrogens with zero attached hydrogens (tertiary/aromatic N) is 2. The second kappa shape index (κ2) is 8.65. The summed E-state index contributed by atoms with van der Waals surface area (Å²) in [7, 11) is 0. The van der Waals surface area contributed by atoms with Crippen molar-refractivity contribution in [1.29, 1.82) is 0 Å². The average molecular weight is 368 g/mol. The lowest BCUT2D eigenvalue weighted by Gasteiger charge is -2.35. The van der Waals surface area contributed by atoms with Crippen LogP contribution in [-0.4, -0.2) is 55.0 Å². The van der Waals surface area contributed by atoms with Gasteiger partial charge in [-0.25, -0.2) is 0 Å². The summed E-state index contributed by atoms with van der Waals surface area (Å²) in [6, 6.07) is 7.71. The second-order valence-corrected chi connectivity index (χ2v) is 7.17. The summed E-state index contributed by atoms with van der Waals surface area (Å²) in [6.07, 6.45) is 0.547. The minimum Gasteiger partial charge on any atom is -0.325 e. The summed E-state index contributed by atoms with van der Waals surface area (Å²) in [5, 5.41) is 2.96. The van der Waals surface area contributed by atoms with Crippen molar-refractivity contribution in [3.8, 4) is 0 Å². The van der Waals surface area contributed by atoms with E-state index in [1.165, 1.54) is 6.54 Å². The first kappa shape index (κ1) is 17.4. The van der Waals surface area contributed by atoms with E-state index in [-0.39, 0.29) is 5.91 Å². The lowest BCUT2D eigenvalue weighted by atomic mass is 10.2. The first-order valence-electron chi connectivity index (χ1n) is 8.03. The van der Waals surface area contributed by atoms with Gasteiger partial charge in [-0.05, 0) is 34.0 Å². The standard InChI is InChI=1S/C17H26BrN3O/c1-14(2)13-21-11-9-20(10-12-21)8-7-17(22)19-16-6-4-3-5-15(16)18/h3-6,14H,7-13H2,1-2H3,(H,19,22). The van der Waals surface area contributed by atoms with E-state index < -0.39 is 0 Å². The number of nitrogens with one attached hydrogen (secondary N) is 1. The van der Waals surface area contributed by atoms with Crippen molar-refractivity contribution < 1.29 is 4.79 Å². The molecule has 5 heteroatoms. The van der Waals surface area contributed by atoms with Crippen LogP contribution in [0.4, 0.5) is 5.69 Å². The van der Waals surface area contributed by atoms with Crippen LogP contribution in [0.2, 0.25) is 0 Å². The van der Waals surface area contributed by atoms with E-state index in [1.54, 1.807) is 0 Å². The Morgan fingerprint density at radius 1 is 1.18 bits per heavy atom. The monoisotopic (exact) mass is 367 g/mol. The molecular weight excluding hydrogens is 342 g/mol. The molecule has 1 aliphatic heterocycles. The fourth-order valence-corrected chi connectivity index (χ4v) is 3.13. The Morgan fingerprint density at radius 2 is 1.82 bits per heavy atom. The molecule has 22 heavy (non-hydrogen) atoms. The van der Waals surface area contributed by atoms with Crippen LogP contribution < -0.4 is 5.32 Å². The maximum atomic E-state index is 12.0. The van der Waals surface area contributed by atoms with Gasteiger partial charge in [-0.3, -0.25) is 4.79 Å². The second-order valence-electron chi connectivity index (χ2n) is 6.31. The number of halogens is 1. The Labute approximate surface area is 142 Å². The summed E-state index contributed by atoms with van der Waals surface area (Å²) >= 11 is 3.45. The van der Waals surface area contributed by atoms with Crippen molar-refractivity contribution in [1.82, 2.24) is 9.80 Å². The summed E-state index contributed by atoms with van der Waals surface area (Å²) < 4.78 is 0.922. The highest BCUT2D eigenvalue weighted by atomic mass is 79.9. The van der Waals surface area contributed by atoms with Crippen LogP contribution in [0, 0.1) is 5.92 Å². The number of hydrogen-bond acceptors (Lipinski definition) is 3. The Kier molecular flexibility index (Phi) is 6.86. The molecule has 1 aromatic rings. The highest BCUT2D eigenvalue weighted by Crippen LogP contribution is 2.21. The van der Waals surface area contributed by atoms with Crippen molar-refractivity contribution >= 4 is 27.5 Å². The maximum absolute atomic E-state index is 12.0. The van der Waals surface area contributed by atoms with Crippen LogP contribution in [-0.2, 0) is 4.79 Å². The smallest absolute Gasteiger partial charge is 0.225 e. The fourth-order valence-electron chi connectivity index (χ4n) is 2.75. The van der Waals surface area contributed by atoms with E-state index in [2.05, 4.69) is 44.9 Å². The summed E-state index contributed by atoms with van der Waals surface area (Å²) in [6.45, 7) is 10.9. The minimum atomic E-state index is 0.0801. The quantitative estimate of drug-likeness (QED) is 0.839. The molecule has 0 aromatic heterocycles. The minimum absolute atomic E-state index is 0.0801. The number of benzene rings is 1. The maximum Gasteiger partial charge on any atom is 0.225 e. The van der Waals surface area contributed by atoms with Gasteiger partial charge in [0, 0.05) is 50.2 Å². The topological polar surface area (TPSA) is 35.6 Å². The largest absolute Gasteiger partial charge is 0.325 e. The van der Waals surface area contributed by atoms with Gasteiger partial charge in [0.2, 0.25) is 5.91 Å². The predicted octanol–water partition coefficient (Wildman–Crippen LogP) is 3.05. The zero-order valence-electron chi connectivity index (χ0n) is 13.5. The lowest BCUT2D eigenvalue weighted by Crippen LogP contribution is -2.47. The molecule has 1 aliphatic rings. The molecule has 0 radical (unpaired) electrons. The van der Waals surface area contributed by atoms with Gasteiger partial charge in [-0.15, -0.1) is 0 Å². The molecule has 1 amide bonds. The van der Waals surface area contributed by atoms with Crippen LogP contribution in [0.15, 0.2) is 28.7 Å². The first-order chi connectivity index (χ1) is 10.5. The van der Waals surface area contributed by atoms with Gasteiger partial charge in [0.25, 0.3) is 0 Å². The normalized spacial score (nSPS) is 16.9. The fraction of sp³-hybridized carbons (Fsp3) is 0.588. The van der Waals surface area contributed by atoms with Gasteiger partial charge in [-0.2, -0.15) is 0 Å². The Hall–Kier alpha value is -0.910. The third-order valence-electron chi connectivity index (χ3n) is 3.89. The van der Waals surface area contributed by atoms with Gasteiger partial charge < -0.3 is 15.1 Å². The Morgan fingerprint density at radius 3 is 2.45 bits per heavy atom. The van der Waals surface area contributed by atoms with Crippen molar-refractivity contribution in [2.24, 2.45) is 5.92 Å². The molecule has 122 valence electrons. The molecule has 0 saturated carbocycles. The number of amides is 1. The van der Waals surface area contributed by atoms with E-state index >= 15 is 0 Å². The lowest BCUT2D eigenvalue weighted by molar-refractivity contribution is -0.116. The molecule has 1 aromatic carbocycles. The number of para-hydroxylation sites is 1. The highest BCUT2D eigenvalue weighted by Gasteiger charge is 2.18. The van der Waals surface area contributed by atoms with Crippen LogP contribution in [0.5, 0.6) is 0 Å². The third-order valence-corrected chi connectivity index (χ3v) is 4.58. The molecule has 1 saturated heterocycles. The molecule has 0 atom stereocenters. The van der Waals surface area contributed by atoms with Gasteiger partial charge in [-0.1, -0.05) is 26.0 Å². The van der Waals surface area contributed by atoms with Crippen molar-refractivity contribution in [2.75, 3.05) is 44.6 Å². The molecule has 4 nitrogen and oxygen atoms in total. The molecule has 1 N–H and O–H groups in total. The van der Waals surface area contributed by atoms with E-state index in [0.29, 0.717) is 6.42 Å². The SMILES string of the molecule is CC(C)CN1CCN(CCC(=O)Nc2ccccc2Br)CC1. The summed E-state index contributed by atoms with van der Waals surface area (Å²) in [4.78, 5) is 16.9. The molecule has 1 heterocycles. The van der Waals surface area contributed by atoms with Gasteiger partial charge >= 0.3 is 0 Å². The van der Waals surface area contributed by atoms with Crippen molar-refractivity contribution in [2.45, 2.75) is 20.3 Å². The molecular formula is C17H26BrN3O. The van der Waals surface area contributed by atoms with Gasteiger partial charge in [0.05, 0.1) is 5.69 Å². The summed E-state index contributed by atoms with van der Waals surface area (Å²) in [5.41, 5.74) is 0.842. The Balaban J connectivity index is 1.68. The third kappa shape index (κ3) is 5.71. The predicted molar refractivity (Wildman–Crippen MR) is 95.1 cm³/mol. The zero-order chi connectivity index (χ0) is 15.9. The number of hydrogen-bond donors (Lipinski definition) is 1. The first-order valence-corrected chi connectivity index (χ1v) is 8.83. The number of carbonyl (C=O) groups is 1. The van der Waals surface area contributed by atoms with Crippen molar-refractivity contribution in [3.63, 3.8) is 0 Å². The number of rotatable bonds is 6. The van der Waals surface area contributed by atoms with Gasteiger partial charge in [0.15, 0.2) is 0 Å². The van der Waals surface area contributed by atoms with Crippen LogP contribution in [0.3, 0.4) is 0 Å². The summed E-state index contributed by atoms with van der Waals surface area (Å²) in [5.74, 6) is 0.804. The molecule has 0 aliphatic carbocycles. The molecule has 0 unspecified atom stereocenters. The van der Waals surface area contributed by atoms with Crippen molar-refractivity contribution in [3.05, 3.63) is 28.7 Å². The molecule has 0 bridgehead atoms. The molecule has 2 rings (SSSR count). The van der Waals surface area contributed by atoms with Gasteiger partial charge in [0.1, 0.15) is 0 Å². The average Bonchev–Trinajstić information content (AvgIpc) is 2.48. The molecule has 0 spiro atoms. The van der Waals surface area contributed by atoms with Crippen LogP contribution in [0.1, 0.15) is 20.3 Å². The van der Waals surface area contributed by atoms with Crippen LogP contribution in [0.25, 0.3) is 0 Å². The highest BCUT2D eigenvalue weighted by molar-refractivity contribution is 9.10. The van der Waals surface area contributed by atoms with E-state index in [0.717, 1.165) is 48.8 Å². The molecule has 1 fully saturated rings. The number of anilines is 1. The Bertz CT molecular complexity index is 485. The van der Waals surface area contributed by atoms with Crippen LogP contribution >= 0.6 is 15.9 Å². The van der Waals surface area contributed by atoms with E-state index in [1.807, 2.05) is 24.3 Å². The number of carbonyl (C=O) groups excluding carboxylic acids is 1. The number of piperazine rings is 1.